The van der Waals surface area contributed by atoms with E-state index >= 15 is 0 Å². The Bertz CT molecular complexity index is 1580. The van der Waals surface area contributed by atoms with Crippen LogP contribution in [0.25, 0.3) is 5.57 Å². The van der Waals surface area contributed by atoms with E-state index in [9.17, 15) is 19.2 Å². The minimum atomic E-state index is -0.608. The standard InChI is InChI=1S/C35H39ClN4O4/c1-35(2)14-13-28(29(16-35)22-4-6-24(36)7-5-22)34(44)39-20-25-8-9-26(39)19-38(25)17-21-3-10-27-23(15-21)18-40(33(27)43)30-11-12-31(41)37-32(30)42/h3-7,10,15,25-26,30H,8-9,11-14,16-20H2,1-2H3,(H,37,41,42). The van der Waals surface area contributed by atoms with Gasteiger partial charge in [-0.15, -0.1) is 0 Å². The number of benzene rings is 2. The van der Waals surface area contributed by atoms with Crippen LogP contribution < -0.4 is 5.32 Å². The van der Waals surface area contributed by atoms with Crippen LogP contribution in [0, 0.1) is 5.41 Å². The number of fused-ring (bicyclic) bond motifs is 4. The minimum absolute atomic E-state index is 0.148. The monoisotopic (exact) mass is 614 g/mol. The number of nitrogens with one attached hydrogen (secondary N) is 1. The van der Waals surface area contributed by atoms with E-state index < -0.39 is 6.04 Å². The zero-order chi connectivity index (χ0) is 30.7. The van der Waals surface area contributed by atoms with E-state index in [1.54, 1.807) is 4.90 Å². The summed E-state index contributed by atoms with van der Waals surface area (Å²) in [7, 11) is 0. The molecule has 2 bridgehead atoms. The summed E-state index contributed by atoms with van der Waals surface area (Å²) in [6.45, 7) is 7.28. The van der Waals surface area contributed by atoms with E-state index in [4.69, 9.17) is 11.6 Å². The number of piperidine rings is 3. The normalized spacial score (nSPS) is 26.7. The molecule has 9 heteroatoms. The molecule has 230 valence electrons. The molecule has 6 aliphatic rings. The highest BCUT2D eigenvalue weighted by atomic mass is 35.5. The number of nitrogens with zero attached hydrogens (tertiary/aromatic N) is 3. The molecule has 3 atom stereocenters. The van der Waals surface area contributed by atoms with Gasteiger partial charge in [0.15, 0.2) is 0 Å². The van der Waals surface area contributed by atoms with Crippen molar-refractivity contribution in [1.29, 1.82) is 0 Å². The lowest BCUT2D eigenvalue weighted by atomic mass is 9.72. The summed E-state index contributed by atoms with van der Waals surface area (Å²) >= 11 is 6.19. The lowest BCUT2D eigenvalue weighted by Crippen LogP contribution is -2.63. The number of halogens is 1. The topological polar surface area (TPSA) is 90.0 Å². The molecule has 2 aromatic rings. The third kappa shape index (κ3) is 5.36. The van der Waals surface area contributed by atoms with Crippen molar-refractivity contribution in [3.63, 3.8) is 0 Å². The van der Waals surface area contributed by atoms with Crippen LogP contribution in [0.2, 0.25) is 5.02 Å². The van der Waals surface area contributed by atoms with Gasteiger partial charge in [0.05, 0.1) is 0 Å². The van der Waals surface area contributed by atoms with Crippen LogP contribution >= 0.6 is 11.6 Å². The molecule has 2 aromatic carbocycles. The number of piperazine rings is 1. The van der Waals surface area contributed by atoms with Gasteiger partial charge in [0.2, 0.25) is 17.7 Å². The van der Waals surface area contributed by atoms with Gasteiger partial charge in [-0.3, -0.25) is 29.4 Å². The SMILES string of the molecule is CC1(C)CCC(C(=O)N2CC3CCC2CN3Cc2ccc3c(c2)CN(C2CCC(=O)NC2=O)C3=O)=C(c2ccc(Cl)cc2)C1. The summed E-state index contributed by atoms with van der Waals surface area (Å²) in [5, 5.41) is 3.07. The second-order valence-corrected chi connectivity index (χ2v) is 14.4. The van der Waals surface area contributed by atoms with Crippen molar-refractivity contribution < 1.29 is 19.2 Å². The smallest absolute Gasteiger partial charge is 0.255 e. The molecular formula is C35H39ClN4O4. The van der Waals surface area contributed by atoms with E-state index in [-0.39, 0.29) is 41.5 Å². The second-order valence-electron chi connectivity index (χ2n) is 14.0. The summed E-state index contributed by atoms with van der Waals surface area (Å²) < 4.78 is 0. The Morgan fingerprint density at radius 3 is 2.48 bits per heavy atom. The fourth-order valence-corrected chi connectivity index (χ4v) is 8.07. The highest BCUT2D eigenvalue weighted by Gasteiger charge is 2.44. The number of hydrogen-bond donors (Lipinski definition) is 1. The largest absolute Gasteiger partial charge is 0.333 e. The van der Waals surface area contributed by atoms with Gasteiger partial charge in [0, 0.05) is 60.8 Å². The Hall–Kier alpha value is -3.49. The van der Waals surface area contributed by atoms with Crippen molar-refractivity contribution in [1.82, 2.24) is 20.0 Å². The molecule has 1 aliphatic carbocycles. The number of carbonyl (C=O) groups excluding carboxylic acids is 4. The molecular weight excluding hydrogens is 576 g/mol. The maximum absolute atomic E-state index is 14.2. The van der Waals surface area contributed by atoms with Crippen LogP contribution in [0.15, 0.2) is 48.0 Å². The van der Waals surface area contributed by atoms with E-state index in [0.717, 1.165) is 74.0 Å². The van der Waals surface area contributed by atoms with Gasteiger partial charge in [-0.25, -0.2) is 0 Å². The molecule has 1 N–H and O–H groups in total. The Balaban J connectivity index is 1.05. The first kappa shape index (κ1) is 29.2. The summed E-state index contributed by atoms with van der Waals surface area (Å²) in [5.41, 5.74) is 6.08. The molecule has 3 unspecified atom stereocenters. The Morgan fingerprint density at radius 2 is 1.75 bits per heavy atom. The average Bonchev–Trinajstić information content (AvgIpc) is 3.32. The minimum Gasteiger partial charge on any atom is -0.333 e. The van der Waals surface area contributed by atoms with Crippen molar-refractivity contribution in [2.24, 2.45) is 5.41 Å². The molecule has 4 saturated heterocycles. The molecule has 5 heterocycles. The van der Waals surface area contributed by atoms with Gasteiger partial charge in [-0.05, 0) is 84.4 Å². The molecule has 8 nitrogen and oxygen atoms in total. The average molecular weight is 615 g/mol. The Morgan fingerprint density at radius 1 is 0.977 bits per heavy atom. The summed E-state index contributed by atoms with van der Waals surface area (Å²) in [4.78, 5) is 57.6. The first-order valence-electron chi connectivity index (χ1n) is 15.9. The van der Waals surface area contributed by atoms with Crippen LogP contribution in [-0.4, -0.2) is 69.5 Å². The van der Waals surface area contributed by atoms with Crippen molar-refractivity contribution >= 4 is 40.8 Å². The second kappa shape index (κ2) is 11.1. The van der Waals surface area contributed by atoms with Gasteiger partial charge in [-0.1, -0.05) is 49.7 Å². The molecule has 0 radical (unpaired) electrons. The molecule has 0 saturated carbocycles. The summed E-state index contributed by atoms with van der Waals surface area (Å²) in [6.07, 6.45) is 5.37. The van der Waals surface area contributed by atoms with E-state index in [0.29, 0.717) is 29.6 Å². The van der Waals surface area contributed by atoms with Crippen LogP contribution in [0.4, 0.5) is 0 Å². The predicted molar refractivity (Wildman–Crippen MR) is 167 cm³/mol. The van der Waals surface area contributed by atoms with Crippen molar-refractivity contribution in [2.45, 2.75) is 90.0 Å². The van der Waals surface area contributed by atoms with Crippen LogP contribution in [0.5, 0.6) is 0 Å². The third-order valence-corrected chi connectivity index (χ3v) is 10.7. The third-order valence-electron chi connectivity index (χ3n) is 10.4. The lowest BCUT2D eigenvalue weighted by Gasteiger charge is -2.52. The molecule has 44 heavy (non-hydrogen) atoms. The molecule has 0 aromatic heterocycles. The highest BCUT2D eigenvalue weighted by Crippen LogP contribution is 2.44. The van der Waals surface area contributed by atoms with Crippen LogP contribution in [-0.2, 0) is 27.5 Å². The number of hydrogen-bond acceptors (Lipinski definition) is 5. The Kier molecular flexibility index (Phi) is 7.40. The maximum Gasteiger partial charge on any atom is 0.255 e. The van der Waals surface area contributed by atoms with Gasteiger partial charge in [-0.2, -0.15) is 0 Å². The molecule has 5 aliphatic heterocycles. The number of amides is 4. The number of carbonyl (C=O) groups is 4. The fourth-order valence-electron chi connectivity index (χ4n) is 7.94. The Labute approximate surface area is 263 Å². The lowest BCUT2D eigenvalue weighted by molar-refractivity contribution is -0.138. The zero-order valence-corrected chi connectivity index (χ0v) is 26.2. The first-order valence-corrected chi connectivity index (χ1v) is 16.2. The van der Waals surface area contributed by atoms with E-state index in [2.05, 4.69) is 35.0 Å². The van der Waals surface area contributed by atoms with Gasteiger partial charge < -0.3 is 9.80 Å². The summed E-state index contributed by atoms with van der Waals surface area (Å²) in [5.74, 6) is -0.621. The van der Waals surface area contributed by atoms with E-state index in [1.165, 1.54) is 5.57 Å². The van der Waals surface area contributed by atoms with Crippen LogP contribution in [0.1, 0.15) is 85.8 Å². The van der Waals surface area contributed by atoms with Gasteiger partial charge in [0.1, 0.15) is 6.04 Å². The van der Waals surface area contributed by atoms with E-state index in [1.807, 2.05) is 36.4 Å². The first-order chi connectivity index (χ1) is 21.1. The zero-order valence-electron chi connectivity index (χ0n) is 25.4. The van der Waals surface area contributed by atoms with Crippen LogP contribution in [0.3, 0.4) is 0 Å². The molecule has 4 amide bonds. The maximum atomic E-state index is 14.2. The van der Waals surface area contributed by atoms with Crippen molar-refractivity contribution in [3.8, 4) is 0 Å². The van der Waals surface area contributed by atoms with Gasteiger partial charge >= 0.3 is 0 Å². The number of rotatable bonds is 5. The molecule has 8 rings (SSSR count). The molecule has 0 spiro atoms. The van der Waals surface area contributed by atoms with Gasteiger partial charge in [0.25, 0.3) is 5.91 Å². The molecule has 4 fully saturated rings. The predicted octanol–water partition coefficient (Wildman–Crippen LogP) is 4.94. The number of imide groups is 1. The summed E-state index contributed by atoms with van der Waals surface area (Å²) in [6, 6.07) is 13.8. The van der Waals surface area contributed by atoms with Crippen molar-refractivity contribution in [2.75, 3.05) is 13.1 Å². The van der Waals surface area contributed by atoms with Crippen molar-refractivity contribution in [3.05, 3.63) is 75.3 Å². The highest BCUT2D eigenvalue weighted by molar-refractivity contribution is 6.30. The number of allylic oxidation sites excluding steroid dienone is 1. The quantitative estimate of drug-likeness (QED) is 0.482. The fraction of sp³-hybridized carbons (Fsp3) is 0.486.